The van der Waals surface area contributed by atoms with Crippen LogP contribution in [0.1, 0.15) is 23.9 Å². The molecule has 0 aliphatic carbocycles. The third kappa shape index (κ3) is 7.68. The van der Waals surface area contributed by atoms with Crippen LogP contribution >= 0.6 is 21.9 Å². The predicted octanol–water partition coefficient (Wildman–Crippen LogP) is 3.94. The molecule has 9 heteroatoms. The molecule has 5 nitrogen and oxygen atoms in total. The molecule has 133 valence electrons. The van der Waals surface area contributed by atoms with Gasteiger partial charge in [-0.25, -0.2) is 0 Å². The minimum atomic E-state index is 0.370. The van der Waals surface area contributed by atoms with Crippen LogP contribution < -0.4 is 0 Å². The topological polar surface area (TPSA) is 62.6 Å². The summed E-state index contributed by atoms with van der Waals surface area (Å²) in [6, 6.07) is 11.9. The van der Waals surface area contributed by atoms with E-state index in [9.17, 15) is 0 Å². The van der Waals surface area contributed by atoms with Crippen molar-refractivity contribution in [1.29, 1.82) is 0 Å². The van der Waals surface area contributed by atoms with E-state index < -0.39 is 0 Å². The number of aryl methyl sites for hydroxylation is 1. The first-order valence-electron chi connectivity index (χ1n) is 6.95. The van der Waals surface area contributed by atoms with Crippen LogP contribution in [-0.2, 0) is 38.2 Å². The summed E-state index contributed by atoms with van der Waals surface area (Å²) in [6.45, 7) is 4.29. The number of aromatic nitrogens is 2. The van der Waals surface area contributed by atoms with E-state index in [0.29, 0.717) is 22.6 Å². The molecule has 2 aromatic rings. The second kappa shape index (κ2) is 12.3. The maximum atomic E-state index is 5.46. The summed E-state index contributed by atoms with van der Waals surface area (Å²) in [5.41, 5.74) is 2.75. The number of nitrogens with zero attached hydrogens (tertiary/aromatic N) is 3. The number of halogens is 1. The Hall–Kier alpha value is -1.05. The molecule has 0 saturated carbocycles. The van der Waals surface area contributed by atoms with E-state index in [-0.39, 0.29) is 0 Å². The van der Waals surface area contributed by atoms with Crippen molar-refractivity contribution in [3.8, 4) is 0 Å². The monoisotopic (exact) mass is 431 g/mol. The molecule has 0 aliphatic heterocycles. The van der Waals surface area contributed by atoms with Crippen molar-refractivity contribution in [2.75, 3.05) is 6.61 Å². The number of benzene rings is 1. The number of rotatable bonds is 5. The third-order valence-electron chi connectivity index (χ3n) is 2.63. The Kier molecular flexibility index (Phi) is 10.8. The van der Waals surface area contributed by atoms with Crippen molar-refractivity contribution < 1.29 is 19.8 Å². The summed E-state index contributed by atoms with van der Waals surface area (Å²) in [5, 5.41) is 15.1. The first-order valence-corrected chi connectivity index (χ1v) is 9.64. The van der Waals surface area contributed by atoms with Crippen molar-refractivity contribution in [3.05, 3.63) is 53.3 Å². The Morgan fingerprint density at radius 1 is 1.33 bits per heavy atom. The number of hydrogen-bond acceptors (Lipinski definition) is 6. The zero-order chi connectivity index (χ0) is 17.8. The van der Waals surface area contributed by atoms with Crippen LogP contribution in [0.15, 0.2) is 46.6 Å². The number of ether oxygens (including phenoxy) is 1. The molecule has 1 heterocycles. The molecule has 2 rings (SSSR count). The van der Waals surface area contributed by atoms with Gasteiger partial charge in [0.2, 0.25) is 0 Å². The summed E-state index contributed by atoms with van der Waals surface area (Å²) >= 11 is 10.3. The first kappa shape index (κ1) is 21.0. The number of nitrogens with one attached hydrogen (secondary N) is 1. The summed E-state index contributed by atoms with van der Waals surface area (Å²) in [7, 11) is 4.20. The summed E-state index contributed by atoms with van der Waals surface area (Å²) in [5.74, 6) is 1.14. The van der Waals surface area contributed by atoms with Gasteiger partial charge in [-0.3, -0.25) is 5.10 Å². The molecular weight excluding hydrogens is 415 g/mol. The van der Waals surface area contributed by atoms with Crippen LogP contribution in [0.25, 0.3) is 0 Å². The normalized spacial score (nSPS) is 11.7. The SMILES string of the molecule is CCO/C(=N\N=C(\[S-])SCc1ccccc1)c1cc(C)[nH]n1.[Cl][Cu+]. The summed E-state index contributed by atoms with van der Waals surface area (Å²) in [6.07, 6.45) is 0. The van der Waals surface area contributed by atoms with Gasteiger partial charge in [0.15, 0.2) is 0 Å². The van der Waals surface area contributed by atoms with Crippen LogP contribution in [-0.4, -0.2) is 27.1 Å². The van der Waals surface area contributed by atoms with E-state index in [4.69, 9.17) is 17.4 Å². The van der Waals surface area contributed by atoms with Crippen molar-refractivity contribution in [3.63, 3.8) is 0 Å². The molecule has 1 aromatic carbocycles. The van der Waals surface area contributed by atoms with Gasteiger partial charge >= 0.3 is 25.2 Å². The van der Waals surface area contributed by atoms with E-state index in [1.165, 1.54) is 17.3 Å². The zero-order valence-corrected chi connectivity index (χ0v) is 16.5. The molecule has 0 unspecified atom stereocenters. The maximum absolute atomic E-state index is 5.46. The Morgan fingerprint density at radius 2 is 2.04 bits per heavy atom. The van der Waals surface area contributed by atoms with E-state index in [1.807, 2.05) is 38.1 Å². The molecule has 0 spiro atoms. The van der Waals surface area contributed by atoms with Gasteiger partial charge in [-0.15, -0.1) is 16.9 Å². The fraction of sp³-hybridized carbons (Fsp3) is 0.267. The Bertz CT molecular complexity index is 665. The Morgan fingerprint density at radius 3 is 2.62 bits per heavy atom. The standard InChI is InChI=1S/C15H18N4OS2.ClH.Cu/c1-3-20-14(13-9-11(2)16-17-13)18-19-15(21)22-10-12-7-5-4-6-8-12;;/h4-9H,3,10H2,1-2H3,(H,16,17)(H,19,21);1H;/q;;+2/p-2/b18-14-;;. The van der Waals surface area contributed by atoms with Gasteiger partial charge in [0, 0.05) is 11.4 Å². The molecule has 0 amide bonds. The Labute approximate surface area is 164 Å². The second-order valence-electron chi connectivity index (χ2n) is 4.41. The number of thioether (sulfide) groups is 1. The number of H-pyrrole nitrogens is 1. The Balaban J connectivity index is 0.00000139. The van der Waals surface area contributed by atoms with Gasteiger partial charge in [0.05, 0.1) is 6.61 Å². The molecule has 24 heavy (non-hydrogen) atoms. The van der Waals surface area contributed by atoms with E-state index in [0.717, 1.165) is 11.4 Å². The van der Waals surface area contributed by atoms with Crippen LogP contribution in [0.3, 0.4) is 0 Å². The van der Waals surface area contributed by atoms with E-state index >= 15 is 0 Å². The van der Waals surface area contributed by atoms with Gasteiger partial charge < -0.3 is 17.4 Å². The van der Waals surface area contributed by atoms with E-state index in [1.54, 1.807) is 0 Å². The molecule has 0 radical (unpaired) electrons. The fourth-order valence-electron chi connectivity index (χ4n) is 1.65. The van der Waals surface area contributed by atoms with Gasteiger partial charge in [0.25, 0.3) is 5.90 Å². The molecule has 0 saturated heterocycles. The van der Waals surface area contributed by atoms with Crippen molar-refractivity contribution in [1.82, 2.24) is 10.2 Å². The van der Waals surface area contributed by atoms with E-state index in [2.05, 4.69) is 57.7 Å². The van der Waals surface area contributed by atoms with Crippen LogP contribution in [0.5, 0.6) is 0 Å². The minimum absolute atomic E-state index is 0.370. The molecule has 0 fully saturated rings. The van der Waals surface area contributed by atoms with Crippen LogP contribution in [0.2, 0.25) is 0 Å². The number of hydrogen-bond donors (Lipinski definition) is 1. The molecule has 1 aromatic heterocycles. The second-order valence-corrected chi connectivity index (χ2v) is 6.02. The zero-order valence-electron chi connectivity index (χ0n) is 13.1. The van der Waals surface area contributed by atoms with Crippen LogP contribution in [0, 0.1) is 6.92 Å². The molecule has 0 bridgehead atoms. The molecule has 0 aliphatic rings. The molecule has 0 atom stereocenters. The van der Waals surface area contributed by atoms with Crippen molar-refractivity contribution >= 4 is 44.8 Å². The first-order chi connectivity index (χ1) is 11.7. The summed E-state index contributed by atoms with van der Waals surface area (Å²) in [4.78, 5) is 0. The average molecular weight is 432 g/mol. The van der Waals surface area contributed by atoms with Crippen LogP contribution in [0.4, 0.5) is 0 Å². The fourth-order valence-corrected chi connectivity index (χ4v) is 2.45. The summed E-state index contributed by atoms with van der Waals surface area (Å²) < 4.78 is 5.93. The van der Waals surface area contributed by atoms with Gasteiger partial charge in [-0.05, 0) is 29.9 Å². The van der Waals surface area contributed by atoms with Gasteiger partial charge in [-0.2, -0.15) is 10.2 Å². The van der Waals surface area contributed by atoms with Gasteiger partial charge in [0.1, 0.15) is 5.69 Å². The average Bonchev–Trinajstić information content (AvgIpc) is 3.05. The molecular formula is C15H17ClCuN4OS2. The van der Waals surface area contributed by atoms with Crippen molar-refractivity contribution in [2.45, 2.75) is 19.6 Å². The third-order valence-corrected chi connectivity index (χ3v) is 3.88. The quantitative estimate of drug-likeness (QED) is 0.256. The van der Waals surface area contributed by atoms with Gasteiger partial charge in [-0.1, -0.05) is 30.3 Å². The number of aromatic amines is 1. The predicted molar refractivity (Wildman–Crippen MR) is 99.9 cm³/mol. The van der Waals surface area contributed by atoms with Crippen molar-refractivity contribution in [2.24, 2.45) is 10.2 Å². The molecule has 1 N–H and O–H groups in total.